The maximum Gasteiger partial charge on any atom is 0.407 e. The maximum atomic E-state index is 12.0. The number of aliphatic carboxylic acids is 1. The van der Waals surface area contributed by atoms with Crippen LogP contribution in [0.2, 0.25) is 0 Å². The molecule has 2 aromatic carbocycles. The fourth-order valence-corrected chi connectivity index (χ4v) is 3.27. The van der Waals surface area contributed by atoms with Crippen LogP contribution in [-0.4, -0.2) is 54.0 Å². The minimum absolute atomic E-state index is 0.0635. The largest absolute Gasteiger partial charge is 0.480 e. The van der Waals surface area contributed by atoms with Crippen molar-refractivity contribution >= 4 is 18.0 Å². The maximum absolute atomic E-state index is 12.0. The number of amides is 2. The van der Waals surface area contributed by atoms with Crippen molar-refractivity contribution in [1.82, 2.24) is 10.6 Å². The molecule has 0 bridgehead atoms. The number of nitrogens with one attached hydrogen (secondary N) is 2. The molecule has 0 aromatic heterocycles. The van der Waals surface area contributed by atoms with Gasteiger partial charge >= 0.3 is 12.1 Å². The van der Waals surface area contributed by atoms with Crippen molar-refractivity contribution in [1.29, 1.82) is 0 Å². The molecule has 3 rings (SSSR count). The Labute approximate surface area is 172 Å². The number of carbonyl (C=O) groups excluding carboxylic acids is 2. The Bertz CT molecular complexity index is 978. The van der Waals surface area contributed by atoms with Crippen molar-refractivity contribution in [3.8, 4) is 23.0 Å². The van der Waals surface area contributed by atoms with Crippen LogP contribution in [0.25, 0.3) is 11.1 Å². The molecule has 1 atom stereocenters. The molecule has 1 aliphatic rings. The highest BCUT2D eigenvalue weighted by molar-refractivity contribution is 5.96. The average molecular weight is 408 g/mol. The highest BCUT2D eigenvalue weighted by Gasteiger charge is 2.28. The highest BCUT2D eigenvalue weighted by Crippen LogP contribution is 2.44. The summed E-state index contributed by atoms with van der Waals surface area (Å²) in [5.74, 6) is 2.23. The van der Waals surface area contributed by atoms with Crippen molar-refractivity contribution in [2.24, 2.45) is 0 Å². The molecular weight excluding hydrogens is 388 g/mol. The lowest BCUT2D eigenvalue weighted by Gasteiger charge is -2.14. The van der Waals surface area contributed by atoms with Gasteiger partial charge in [-0.15, -0.1) is 0 Å². The third kappa shape index (κ3) is 4.77. The molecule has 1 aliphatic carbocycles. The van der Waals surface area contributed by atoms with E-state index in [9.17, 15) is 14.4 Å². The molecule has 30 heavy (non-hydrogen) atoms. The second-order valence-electron chi connectivity index (χ2n) is 6.53. The normalized spacial score (nSPS) is 12.6. The number of alkyl carbamates (subject to hydrolysis) is 1. The van der Waals surface area contributed by atoms with Gasteiger partial charge in [-0.3, -0.25) is 4.79 Å². The summed E-state index contributed by atoms with van der Waals surface area (Å²) in [6.07, 6.45) is -0.676. The summed E-state index contributed by atoms with van der Waals surface area (Å²) in [4.78, 5) is 34.2. The van der Waals surface area contributed by atoms with E-state index in [2.05, 4.69) is 17.2 Å². The summed E-state index contributed by atoms with van der Waals surface area (Å²) in [6.45, 7) is -0.744. The molecule has 0 aliphatic heterocycles. The van der Waals surface area contributed by atoms with Crippen molar-refractivity contribution in [3.05, 3.63) is 59.7 Å². The van der Waals surface area contributed by atoms with Gasteiger partial charge in [0.2, 0.25) is 0 Å². The van der Waals surface area contributed by atoms with Crippen LogP contribution < -0.4 is 10.6 Å². The van der Waals surface area contributed by atoms with Crippen molar-refractivity contribution in [2.75, 3.05) is 19.8 Å². The van der Waals surface area contributed by atoms with Crippen LogP contribution in [-0.2, 0) is 14.3 Å². The van der Waals surface area contributed by atoms with E-state index in [1.54, 1.807) is 0 Å². The lowest BCUT2D eigenvalue weighted by atomic mass is 9.98. The van der Waals surface area contributed by atoms with E-state index >= 15 is 0 Å². The van der Waals surface area contributed by atoms with E-state index in [0.29, 0.717) is 0 Å². The van der Waals surface area contributed by atoms with Crippen molar-refractivity contribution in [2.45, 2.75) is 12.0 Å². The van der Waals surface area contributed by atoms with Gasteiger partial charge in [-0.05, 0) is 28.2 Å². The van der Waals surface area contributed by atoms with Crippen molar-refractivity contribution < 1.29 is 29.3 Å². The van der Waals surface area contributed by atoms with Crippen LogP contribution in [0.3, 0.4) is 0 Å². The highest BCUT2D eigenvalue weighted by atomic mass is 16.5. The number of benzene rings is 2. The molecule has 0 saturated heterocycles. The number of aliphatic hydroxyl groups is 1. The Hall–Kier alpha value is -3.83. The summed E-state index contributed by atoms with van der Waals surface area (Å²) >= 11 is 0. The Morgan fingerprint density at radius 2 is 1.63 bits per heavy atom. The van der Waals surface area contributed by atoms with Crippen LogP contribution >= 0.6 is 0 Å². The van der Waals surface area contributed by atoms with Gasteiger partial charge in [0.15, 0.2) is 6.04 Å². The average Bonchev–Trinajstić information content (AvgIpc) is 3.07. The molecule has 2 aromatic rings. The Balaban J connectivity index is 1.50. The minimum atomic E-state index is -1.43. The number of aliphatic hydroxyl groups excluding tert-OH is 1. The second kappa shape index (κ2) is 9.58. The summed E-state index contributed by atoms with van der Waals surface area (Å²) in [6, 6.07) is 14.5. The molecular formula is C22H20N2O6. The van der Waals surface area contributed by atoms with Gasteiger partial charge < -0.3 is 25.6 Å². The number of carboxylic acid groups (broad SMARTS) is 1. The quantitative estimate of drug-likeness (QED) is 0.531. The number of hydrogen-bond donors (Lipinski definition) is 4. The molecule has 0 saturated carbocycles. The third-order valence-electron chi connectivity index (χ3n) is 4.65. The van der Waals surface area contributed by atoms with Gasteiger partial charge in [-0.1, -0.05) is 54.5 Å². The fourth-order valence-electron chi connectivity index (χ4n) is 3.27. The molecule has 0 spiro atoms. The van der Waals surface area contributed by atoms with Gasteiger partial charge in [0.05, 0.1) is 13.2 Å². The predicted molar refractivity (Wildman–Crippen MR) is 108 cm³/mol. The first kappa shape index (κ1) is 20.9. The second-order valence-corrected chi connectivity index (χ2v) is 6.53. The van der Waals surface area contributed by atoms with Crippen LogP contribution in [0, 0.1) is 11.8 Å². The van der Waals surface area contributed by atoms with E-state index < -0.39 is 30.6 Å². The smallest absolute Gasteiger partial charge is 0.407 e. The number of carboxylic acids is 1. The number of hydrogen-bond acceptors (Lipinski definition) is 5. The molecule has 0 fully saturated rings. The Kier molecular flexibility index (Phi) is 6.67. The van der Waals surface area contributed by atoms with E-state index in [1.165, 1.54) is 0 Å². The van der Waals surface area contributed by atoms with Gasteiger partial charge in [0.1, 0.15) is 6.61 Å². The van der Waals surface area contributed by atoms with Gasteiger partial charge in [0, 0.05) is 5.92 Å². The van der Waals surface area contributed by atoms with E-state index in [4.69, 9.17) is 14.9 Å². The molecule has 154 valence electrons. The molecule has 8 heteroatoms. The predicted octanol–water partition coefficient (Wildman–Crippen LogP) is 1.09. The van der Waals surface area contributed by atoms with E-state index in [0.717, 1.165) is 22.3 Å². The summed E-state index contributed by atoms with van der Waals surface area (Å²) in [5.41, 5.74) is 4.45. The first-order valence-corrected chi connectivity index (χ1v) is 9.23. The SMILES string of the molecule is O=C(C#CCNC(=O)OCC1c2ccccc2-c2ccccc21)N[C@@H](CO)C(=O)O. The van der Waals surface area contributed by atoms with Gasteiger partial charge in [-0.2, -0.15) is 0 Å². The summed E-state index contributed by atoms with van der Waals surface area (Å²) < 4.78 is 5.33. The number of ether oxygens (including phenoxy) is 1. The van der Waals surface area contributed by atoms with Gasteiger partial charge in [0.25, 0.3) is 5.91 Å². The van der Waals surface area contributed by atoms with E-state index in [1.807, 2.05) is 53.8 Å². The summed E-state index contributed by atoms with van der Waals surface area (Å²) in [5, 5.41) is 22.0. The standard InChI is InChI=1S/C22H20N2O6/c25-12-19(21(27)28)24-20(26)10-5-11-23-22(29)30-13-18-16-8-3-1-6-14(16)15-7-2-4-9-17(15)18/h1-4,6-9,18-19,25H,11-13H2,(H,23,29)(H,24,26)(H,27,28)/t19-/m0/s1. The van der Waals surface area contributed by atoms with Crippen LogP contribution in [0.1, 0.15) is 17.0 Å². The molecule has 0 heterocycles. The zero-order chi connectivity index (χ0) is 21.5. The molecule has 0 unspecified atom stereocenters. The zero-order valence-electron chi connectivity index (χ0n) is 15.9. The third-order valence-corrected chi connectivity index (χ3v) is 4.65. The topological polar surface area (TPSA) is 125 Å². The Morgan fingerprint density at radius 1 is 1.03 bits per heavy atom. The lowest BCUT2D eigenvalue weighted by Crippen LogP contribution is -2.42. The fraction of sp³-hybridized carbons (Fsp3) is 0.227. The first-order valence-electron chi connectivity index (χ1n) is 9.23. The zero-order valence-corrected chi connectivity index (χ0v) is 15.9. The number of fused-ring (bicyclic) bond motifs is 3. The number of carbonyl (C=O) groups is 3. The van der Waals surface area contributed by atoms with Crippen LogP contribution in [0.4, 0.5) is 4.79 Å². The number of rotatable bonds is 6. The minimum Gasteiger partial charge on any atom is -0.480 e. The Morgan fingerprint density at radius 3 is 2.20 bits per heavy atom. The molecule has 8 nitrogen and oxygen atoms in total. The first-order chi connectivity index (χ1) is 14.5. The lowest BCUT2D eigenvalue weighted by molar-refractivity contribution is -0.142. The van der Waals surface area contributed by atoms with Crippen LogP contribution in [0.5, 0.6) is 0 Å². The molecule has 2 amide bonds. The van der Waals surface area contributed by atoms with E-state index in [-0.39, 0.29) is 19.1 Å². The summed E-state index contributed by atoms with van der Waals surface area (Å²) in [7, 11) is 0. The molecule has 4 N–H and O–H groups in total. The monoisotopic (exact) mass is 408 g/mol. The van der Waals surface area contributed by atoms with Gasteiger partial charge in [-0.25, -0.2) is 9.59 Å². The van der Waals surface area contributed by atoms with Crippen LogP contribution in [0.15, 0.2) is 48.5 Å². The van der Waals surface area contributed by atoms with Crippen molar-refractivity contribution in [3.63, 3.8) is 0 Å². The molecule has 0 radical (unpaired) electrons.